The number of amides is 2. The van der Waals surface area contributed by atoms with Crippen LogP contribution in [0.2, 0.25) is 0 Å². The van der Waals surface area contributed by atoms with Crippen molar-refractivity contribution in [1.82, 2.24) is 19.6 Å². The van der Waals surface area contributed by atoms with Crippen LogP contribution in [0.4, 0.5) is 10.5 Å². The molecular weight excluding hydrogens is 282 g/mol. The largest absolute Gasteiger partial charge is 0.468 e. The molecule has 3 rings (SSSR count). The van der Waals surface area contributed by atoms with E-state index in [0.717, 1.165) is 36.8 Å². The molecule has 2 aromatic rings. The van der Waals surface area contributed by atoms with Crippen LogP contribution >= 0.6 is 0 Å². The van der Waals surface area contributed by atoms with Crippen molar-refractivity contribution < 1.29 is 9.21 Å². The zero-order valence-corrected chi connectivity index (χ0v) is 13.0. The Bertz CT molecular complexity index is 626. The SMILES string of the molecule is Cc1nn(C)cc1NC(=O)N1CCN(Cc2ccco2)CC1. The molecule has 118 valence electrons. The number of carbonyl (C=O) groups is 1. The van der Waals surface area contributed by atoms with Crippen molar-refractivity contribution in [2.24, 2.45) is 7.05 Å². The third-order valence-electron chi connectivity index (χ3n) is 3.87. The van der Waals surface area contributed by atoms with Crippen LogP contribution in [-0.4, -0.2) is 51.8 Å². The van der Waals surface area contributed by atoms with E-state index < -0.39 is 0 Å². The number of nitrogens with zero attached hydrogens (tertiary/aromatic N) is 4. The number of urea groups is 1. The highest BCUT2D eigenvalue weighted by Gasteiger charge is 2.22. The lowest BCUT2D eigenvalue weighted by atomic mass is 10.3. The molecule has 22 heavy (non-hydrogen) atoms. The monoisotopic (exact) mass is 303 g/mol. The number of piperazine rings is 1. The first-order valence-corrected chi connectivity index (χ1v) is 7.43. The summed E-state index contributed by atoms with van der Waals surface area (Å²) >= 11 is 0. The third kappa shape index (κ3) is 3.30. The Morgan fingerprint density at radius 2 is 2.14 bits per heavy atom. The number of hydrogen-bond donors (Lipinski definition) is 1. The Morgan fingerprint density at radius 3 is 2.73 bits per heavy atom. The maximum atomic E-state index is 12.3. The van der Waals surface area contributed by atoms with E-state index in [0.29, 0.717) is 13.1 Å². The van der Waals surface area contributed by atoms with Gasteiger partial charge in [0.2, 0.25) is 0 Å². The summed E-state index contributed by atoms with van der Waals surface area (Å²) in [5.41, 5.74) is 1.60. The van der Waals surface area contributed by atoms with Gasteiger partial charge in [-0.15, -0.1) is 0 Å². The molecule has 3 heterocycles. The molecule has 0 bridgehead atoms. The molecule has 0 spiro atoms. The summed E-state index contributed by atoms with van der Waals surface area (Å²) in [6.45, 7) is 5.80. The van der Waals surface area contributed by atoms with Gasteiger partial charge < -0.3 is 14.6 Å². The first-order valence-electron chi connectivity index (χ1n) is 7.43. The summed E-state index contributed by atoms with van der Waals surface area (Å²) in [5.74, 6) is 0.962. The molecule has 1 saturated heterocycles. The molecule has 7 heteroatoms. The molecule has 0 radical (unpaired) electrons. The van der Waals surface area contributed by atoms with E-state index >= 15 is 0 Å². The van der Waals surface area contributed by atoms with E-state index in [9.17, 15) is 4.79 Å². The number of aryl methyl sites for hydroxylation is 2. The zero-order chi connectivity index (χ0) is 15.5. The van der Waals surface area contributed by atoms with Crippen molar-refractivity contribution in [1.29, 1.82) is 0 Å². The van der Waals surface area contributed by atoms with Gasteiger partial charge in [0, 0.05) is 39.4 Å². The van der Waals surface area contributed by atoms with Crippen LogP contribution in [0.1, 0.15) is 11.5 Å². The van der Waals surface area contributed by atoms with Gasteiger partial charge in [-0.25, -0.2) is 4.79 Å². The van der Waals surface area contributed by atoms with E-state index in [4.69, 9.17) is 4.42 Å². The average molecular weight is 303 g/mol. The number of rotatable bonds is 3. The predicted octanol–water partition coefficient (Wildman–Crippen LogP) is 1.67. The molecule has 0 aliphatic carbocycles. The number of nitrogens with one attached hydrogen (secondary N) is 1. The highest BCUT2D eigenvalue weighted by atomic mass is 16.3. The fraction of sp³-hybridized carbons (Fsp3) is 0.467. The van der Waals surface area contributed by atoms with Crippen LogP contribution in [0, 0.1) is 6.92 Å². The molecule has 1 fully saturated rings. The minimum absolute atomic E-state index is 0.0613. The fourth-order valence-electron chi connectivity index (χ4n) is 2.65. The van der Waals surface area contributed by atoms with E-state index in [-0.39, 0.29) is 6.03 Å². The smallest absolute Gasteiger partial charge is 0.322 e. The summed E-state index contributed by atoms with van der Waals surface area (Å²) in [4.78, 5) is 16.4. The van der Waals surface area contributed by atoms with Gasteiger partial charge in [-0.2, -0.15) is 5.10 Å². The molecule has 2 amide bonds. The second kappa shape index (κ2) is 6.23. The van der Waals surface area contributed by atoms with Gasteiger partial charge in [0.05, 0.1) is 24.2 Å². The van der Waals surface area contributed by atoms with Crippen molar-refractivity contribution in [3.05, 3.63) is 36.0 Å². The lowest BCUT2D eigenvalue weighted by Gasteiger charge is -2.34. The number of anilines is 1. The van der Waals surface area contributed by atoms with E-state index in [2.05, 4.69) is 15.3 Å². The van der Waals surface area contributed by atoms with Crippen LogP contribution in [0.5, 0.6) is 0 Å². The van der Waals surface area contributed by atoms with Gasteiger partial charge in [-0.05, 0) is 19.1 Å². The van der Waals surface area contributed by atoms with Gasteiger partial charge in [-0.3, -0.25) is 9.58 Å². The fourth-order valence-corrected chi connectivity index (χ4v) is 2.65. The normalized spacial score (nSPS) is 16.0. The molecule has 7 nitrogen and oxygen atoms in total. The van der Waals surface area contributed by atoms with Crippen LogP contribution in [0.3, 0.4) is 0 Å². The number of furan rings is 1. The lowest BCUT2D eigenvalue weighted by molar-refractivity contribution is 0.137. The van der Waals surface area contributed by atoms with E-state index in [1.807, 2.05) is 37.2 Å². The van der Waals surface area contributed by atoms with Gasteiger partial charge in [0.25, 0.3) is 0 Å². The summed E-state index contributed by atoms with van der Waals surface area (Å²) in [6, 6.07) is 3.81. The van der Waals surface area contributed by atoms with Gasteiger partial charge >= 0.3 is 6.03 Å². The summed E-state index contributed by atoms with van der Waals surface area (Å²) in [5, 5.41) is 7.16. The average Bonchev–Trinajstić information content (AvgIpc) is 3.10. The Labute approximate surface area is 129 Å². The molecular formula is C15H21N5O2. The van der Waals surface area contributed by atoms with Crippen LogP contribution < -0.4 is 5.32 Å². The summed E-state index contributed by atoms with van der Waals surface area (Å²) in [6.07, 6.45) is 3.51. The number of hydrogen-bond acceptors (Lipinski definition) is 4. The quantitative estimate of drug-likeness (QED) is 0.936. The second-order valence-corrected chi connectivity index (χ2v) is 5.57. The highest BCUT2D eigenvalue weighted by molar-refractivity contribution is 5.89. The van der Waals surface area contributed by atoms with Gasteiger partial charge in [0.1, 0.15) is 5.76 Å². The Hall–Kier alpha value is -2.28. The minimum atomic E-state index is -0.0613. The third-order valence-corrected chi connectivity index (χ3v) is 3.87. The first kappa shape index (κ1) is 14.6. The highest BCUT2D eigenvalue weighted by Crippen LogP contribution is 2.14. The summed E-state index contributed by atoms with van der Waals surface area (Å²) in [7, 11) is 1.84. The van der Waals surface area contributed by atoms with E-state index in [1.165, 1.54) is 0 Å². The van der Waals surface area contributed by atoms with Crippen LogP contribution in [0.15, 0.2) is 29.0 Å². The topological polar surface area (TPSA) is 66.5 Å². The van der Waals surface area contributed by atoms with Gasteiger partial charge in [0.15, 0.2) is 0 Å². The first-order chi connectivity index (χ1) is 10.6. The summed E-state index contributed by atoms with van der Waals surface area (Å²) < 4.78 is 7.06. The maximum absolute atomic E-state index is 12.3. The van der Waals surface area contributed by atoms with E-state index in [1.54, 1.807) is 10.9 Å². The molecule has 1 aliphatic rings. The second-order valence-electron chi connectivity index (χ2n) is 5.57. The minimum Gasteiger partial charge on any atom is -0.468 e. The van der Waals surface area contributed by atoms with Crippen LogP contribution in [-0.2, 0) is 13.6 Å². The van der Waals surface area contributed by atoms with Crippen molar-refractivity contribution in [2.45, 2.75) is 13.5 Å². The number of aromatic nitrogens is 2. The van der Waals surface area contributed by atoms with Crippen molar-refractivity contribution in [3.8, 4) is 0 Å². The van der Waals surface area contributed by atoms with Crippen molar-refractivity contribution in [3.63, 3.8) is 0 Å². The Kier molecular flexibility index (Phi) is 4.15. The van der Waals surface area contributed by atoms with Gasteiger partial charge in [-0.1, -0.05) is 0 Å². The van der Waals surface area contributed by atoms with Crippen molar-refractivity contribution >= 4 is 11.7 Å². The Balaban J connectivity index is 1.50. The molecule has 1 aliphatic heterocycles. The predicted molar refractivity (Wildman–Crippen MR) is 82.5 cm³/mol. The number of carbonyl (C=O) groups excluding carboxylic acids is 1. The maximum Gasteiger partial charge on any atom is 0.322 e. The van der Waals surface area contributed by atoms with Crippen molar-refractivity contribution in [2.75, 3.05) is 31.5 Å². The molecule has 2 aromatic heterocycles. The standard InChI is InChI=1S/C15H21N5O2/c1-12-14(11-18(2)17-12)16-15(21)20-7-5-19(6-8-20)10-13-4-3-9-22-13/h3-4,9,11H,5-8,10H2,1-2H3,(H,16,21). The lowest BCUT2D eigenvalue weighted by Crippen LogP contribution is -2.49. The molecule has 0 aromatic carbocycles. The van der Waals surface area contributed by atoms with Crippen LogP contribution in [0.25, 0.3) is 0 Å². The molecule has 0 saturated carbocycles. The molecule has 0 atom stereocenters. The zero-order valence-electron chi connectivity index (χ0n) is 13.0. The Morgan fingerprint density at radius 1 is 1.36 bits per heavy atom. The molecule has 1 N–H and O–H groups in total. The molecule has 0 unspecified atom stereocenters.